The number of Topliss-reactive ketones (excluding diaryl/α,β-unsaturated/α-hetero) is 1. The van der Waals surface area contributed by atoms with Crippen LogP contribution in [0.3, 0.4) is 0 Å². The highest BCUT2D eigenvalue weighted by Crippen LogP contribution is 2.28. The minimum absolute atomic E-state index is 0.0610. The molecule has 3 rings (SSSR count). The number of pyridine rings is 2. The third kappa shape index (κ3) is 3.97. The quantitative estimate of drug-likeness (QED) is 0.614. The Morgan fingerprint density at radius 3 is 2.74 bits per heavy atom. The number of hydrogen-bond donors (Lipinski definition) is 1. The van der Waals surface area contributed by atoms with Crippen LogP contribution in [0.25, 0.3) is 5.65 Å². The molecule has 0 saturated heterocycles. The summed E-state index contributed by atoms with van der Waals surface area (Å²) in [5, 5.41) is 9.24. The standard InChI is InChI=1S/C20H21N3O4/c1-3-27-17-7-5-9-23-19(13(2)22-20(17)23)16(24)10-15(11-18(25)26)14-6-4-8-21-12-14/h4-9,12,15H,3,10-11H2,1-2H3,(H,25,26)/t15-/m0/s1. The number of nitrogens with zero attached hydrogens (tertiary/aromatic N) is 3. The maximum absolute atomic E-state index is 13.1. The minimum atomic E-state index is -0.954. The van der Waals surface area contributed by atoms with E-state index in [9.17, 15) is 14.7 Å². The molecule has 0 aliphatic heterocycles. The number of rotatable bonds is 8. The number of ether oxygens (including phenoxy) is 1. The smallest absolute Gasteiger partial charge is 0.303 e. The monoisotopic (exact) mass is 367 g/mol. The van der Waals surface area contributed by atoms with Gasteiger partial charge in [-0.25, -0.2) is 4.98 Å². The van der Waals surface area contributed by atoms with Gasteiger partial charge in [0.15, 0.2) is 17.2 Å². The maximum Gasteiger partial charge on any atom is 0.303 e. The van der Waals surface area contributed by atoms with Gasteiger partial charge in [-0.05, 0) is 37.6 Å². The first kappa shape index (κ1) is 18.6. The highest BCUT2D eigenvalue weighted by atomic mass is 16.5. The summed E-state index contributed by atoms with van der Waals surface area (Å²) in [5.41, 5.74) is 2.35. The second-order valence-corrected chi connectivity index (χ2v) is 6.25. The van der Waals surface area contributed by atoms with Crippen LogP contribution in [0.5, 0.6) is 5.75 Å². The highest BCUT2D eigenvalue weighted by Gasteiger charge is 2.24. The van der Waals surface area contributed by atoms with E-state index in [1.54, 1.807) is 48.1 Å². The average Bonchev–Trinajstić information content (AvgIpc) is 2.99. The Labute approximate surface area is 156 Å². The minimum Gasteiger partial charge on any atom is -0.490 e. The number of ketones is 1. The summed E-state index contributed by atoms with van der Waals surface area (Å²) in [6.45, 7) is 4.15. The van der Waals surface area contributed by atoms with Gasteiger partial charge < -0.3 is 9.84 Å². The number of carbonyl (C=O) groups is 2. The zero-order chi connectivity index (χ0) is 19.4. The van der Waals surface area contributed by atoms with Gasteiger partial charge in [0.05, 0.1) is 18.7 Å². The van der Waals surface area contributed by atoms with Crippen LogP contribution >= 0.6 is 0 Å². The molecule has 3 heterocycles. The van der Waals surface area contributed by atoms with Gasteiger partial charge in [-0.2, -0.15) is 0 Å². The van der Waals surface area contributed by atoms with Gasteiger partial charge in [0, 0.05) is 30.9 Å². The Balaban J connectivity index is 1.96. The van der Waals surface area contributed by atoms with Crippen molar-refractivity contribution in [3.8, 4) is 5.75 Å². The average molecular weight is 367 g/mol. The van der Waals surface area contributed by atoms with Crippen molar-refractivity contribution < 1.29 is 19.4 Å². The Hall–Kier alpha value is -3.22. The lowest BCUT2D eigenvalue weighted by Gasteiger charge is -2.14. The molecule has 0 aliphatic carbocycles. The van der Waals surface area contributed by atoms with Crippen molar-refractivity contribution in [1.82, 2.24) is 14.4 Å². The number of aliphatic carboxylic acids is 1. The molecule has 0 saturated carbocycles. The van der Waals surface area contributed by atoms with Crippen LogP contribution in [-0.2, 0) is 4.79 Å². The van der Waals surface area contributed by atoms with Crippen molar-refractivity contribution in [3.05, 3.63) is 59.8 Å². The molecule has 0 radical (unpaired) electrons. The molecule has 0 unspecified atom stereocenters. The van der Waals surface area contributed by atoms with Gasteiger partial charge in [-0.1, -0.05) is 6.07 Å². The van der Waals surface area contributed by atoms with E-state index in [0.717, 1.165) is 5.56 Å². The summed E-state index contributed by atoms with van der Waals surface area (Å²) in [4.78, 5) is 32.9. The lowest BCUT2D eigenvalue weighted by Crippen LogP contribution is -2.14. The van der Waals surface area contributed by atoms with Crippen molar-refractivity contribution >= 4 is 17.4 Å². The summed E-state index contributed by atoms with van der Waals surface area (Å²) < 4.78 is 7.30. The number of fused-ring (bicyclic) bond motifs is 1. The van der Waals surface area contributed by atoms with E-state index in [2.05, 4.69) is 9.97 Å². The summed E-state index contributed by atoms with van der Waals surface area (Å²) >= 11 is 0. The number of aromatic nitrogens is 3. The van der Waals surface area contributed by atoms with Crippen LogP contribution in [0.2, 0.25) is 0 Å². The van der Waals surface area contributed by atoms with Crippen LogP contribution in [0.1, 0.15) is 47.4 Å². The summed E-state index contributed by atoms with van der Waals surface area (Å²) in [7, 11) is 0. The van der Waals surface area contributed by atoms with Gasteiger partial charge in [-0.15, -0.1) is 0 Å². The first-order valence-corrected chi connectivity index (χ1v) is 8.76. The zero-order valence-electron chi connectivity index (χ0n) is 15.3. The molecule has 27 heavy (non-hydrogen) atoms. The third-order valence-electron chi connectivity index (χ3n) is 4.36. The molecule has 3 aromatic heterocycles. The lowest BCUT2D eigenvalue weighted by molar-refractivity contribution is -0.137. The van der Waals surface area contributed by atoms with E-state index >= 15 is 0 Å². The van der Waals surface area contributed by atoms with Crippen molar-refractivity contribution in [2.75, 3.05) is 6.61 Å². The molecule has 3 aromatic rings. The van der Waals surface area contributed by atoms with Crippen LogP contribution in [0.4, 0.5) is 0 Å². The van der Waals surface area contributed by atoms with Gasteiger partial charge in [-0.3, -0.25) is 19.0 Å². The molecule has 0 bridgehead atoms. The zero-order valence-corrected chi connectivity index (χ0v) is 15.3. The van der Waals surface area contributed by atoms with Crippen molar-refractivity contribution in [2.45, 2.75) is 32.6 Å². The molecule has 0 spiro atoms. The van der Waals surface area contributed by atoms with Crippen LogP contribution in [-0.4, -0.2) is 37.8 Å². The largest absolute Gasteiger partial charge is 0.490 e. The number of imidazole rings is 1. The van der Waals surface area contributed by atoms with Crippen molar-refractivity contribution in [1.29, 1.82) is 0 Å². The number of aryl methyl sites for hydroxylation is 1. The molecule has 140 valence electrons. The number of carboxylic acid groups (broad SMARTS) is 1. The second-order valence-electron chi connectivity index (χ2n) is 6.25. The van der Waals surface area contributed by atoms with Gasteiger partial charge in [0.2, 0.25) is 0 Å². The molecule has 7 nitrogen and oxygen atoms in total. The maximum atomic E-state index is 13.1. The van der Waals surface area contributed by atoms with Crippen LogP contribution in [0.15, 0.2) is 42.9 Å². The fraction of sp³-hybridized carbons (Fsp3) is 0.300. The first-order valence-electron chi connectivity index (χ1n) is 8.76. The fourth-order valence-electron chi connectivity index (χ4n) is 3.22. The predicted octanol–water partition coefficient (Wildman–Crippen LogP) is 3.27. The van der Waals surface area contributed by atoms with E-state index in [-0.39, 0.29) is 18.6 Å². The van der Waals surface area contributed by atoms with Gasteiger partial charge >= 0.3 is 5.97 Å². The molecule has 1 atom stereocenters. The molecular weight excluding hydrogens is 346 g/mol. The molecule has 1 N–H and O–H groups in total. The van der Waals surface area contributed by atoms with E-state index < -0.39 is 11.9 Å². The van der Waals surface area contributed by atoms with Crippen molar-refractivity contribution in [3.63, 3.8) is 0 Å². The number of carboxylic acids is 1. The highest BCUT2D eigenvalue weighted by molar-refractivity contribution is 5.97. The van der Waals surface area contributed by atoms with Gasteiger partial charge in [0.25, 0.3) is 0 Å². The lowest BCUT2D eigenvalue weighted by atomic mass is 9.91. The van der Waals surface area contributed by atoms with Crippen LogP contribution in [0, 0.1) is 6.92 Å². The Morgan fingerprint density at radius 2 is 2.07 bits per heavy atom. The Bertz CT molecular complexity index is 966. The van der Waals surface area contributed by atoms with Gasteiger partial charge in [0.1, 0.15) is 5.69 Å². The van der Waals surface area contributed by atoms with E-state index in [4.69, 9.17) is 4.74 Å². The number of hydrogen-bond acceptors (Lipinski definition) is 5. The topological polar surface area (TPSA) is 93.8 Å². The Kier molecular flexibility index (Phi) is 5.49. The normalized spacial score (nSPS) is 12.1. The molecule has 0 amide bonds. The Morgan fingerprint density at radius 1 is 1.26 bits per heavy atom. The molecular formula is C20H21N3O4. The second kappa shape index (κ2) is 7.99. The summed E-state index contributed by atoms with van der Waals surface area (Å²) in [6, 6.07) is 7.14. The van der Waals surface area contributed by atoms with E-state index in [1.807, 2.05) is 13.0 Å². The first-order chi connectivity index (χ1) is 13.0. The summed E-state index contributed by atoms with van der Waals surface area (Å²) in [6.07, 6.45) is 4.91. The van der Waals surface area contributed by atoms with E-state index in [1.165, 1.54) is 0 Å². The van der Waals surface area contributed by atoms with Crippen molar-refractivity contribution in [2.24, 2.45) is 0 Å². The fourth-order valence-corrected chi connectivity index (χ4v) is 3.22. The predicted molar refractivity (Wildman–Crippen MR) is 99.3 cm³/mol. The third-order valence-corrected chi connectivity index (χ3v) is 4.36. The van der Waals surface area contributed by atoms with Crippen LogP contribution < -0.4 is 4.74 Å². The summed E-state index contributed by atoms with van der Waals surface area (Å²) in [5.74, 6) is -0.964. The molecule has 0 aliphatic rings. The molecule has 0 fully saturated rings. The SMILES string of the molecule is CCOc1cccn2c(C(=O)C[C@@H](CC(=O)O)c3cccnc3)c(C)nc12. The molecule has 0 aromatic carbocycles. The molecule has 7 heteroatoms. The van der Waals surface area contributed by atoms with E-state index in [0.29, 0.717) is 29.4 Å². The number of carbonyl (C=O) groups excluding carboxylic acids is 1.